The Hall–Kier alpha value is -3.23. The van der Waals surface area contributed by atoms with Crippen molar-refractivity contribution in [3.63, 3.8) is 0 Å². The van der Waals surface area contributed by atoms with Crippen molar-refractivity contribution in [1.29, 1.82) is 0 Å². The first-order valence-electron chi connectivity index (χ1n) is 10.3. The average molecular weight is 452 g/mol. The molecule has 3 aromatic rings. The van der Waals surface area contributed by atoms with Gasteiger partial charge in [-0.05, 0) is 36.6 Å². The van der Waals surface area contributed by atoms with Gasteiger partial charge in [-0.25, -0.2) is 18.1 Å². The van der Waals surface area contributed by atoms with Crippen LogP contribution in [0.25, 0.3) is 11.3 Å². The van der Waals surface area contributed by atoms with E-state index in [9.17, 15) is 13.2 Å². The molecule has 4 rings (SSSR count). The highest BCUT2D eigenvalue weighted by Crippen LogP contribution is 2.51. The maximum absolute atomic E-state index is 13.1. The molecule has 2 aromatic carbocycles. The fourth-order valence-corrected chi connectivity index (χ4v) is 4.12. The predicted molar refractivity (Wildman–Crippen MR) is 124 cm³/mol. The van der Waals surface area contributed by atoms with Crippen molar-refractivity contribution in [2.24, 2.45) is 0 Å². The van der Waals surface area contributed by atoms with Gasteiger partial charge in [0.1, 0.15) is 11.6 Å². The molecule has 0 unspecified atom stereocenters. The largest absolute Gasteiger partial charge is 0.496 e. The summed E-state index contributed by atoms with van der Waals surface area (Å²) in [6.45, 7) is 0.230. The summed E-state index contributed by atoms with van der Waals surface area (Å²) in [6, 6.07) is 20.6. The van der Waals surface area contributed by atoms with Crippen molar-refractivity contribution in [3.8, 4) is 17.0 Å². The molecule has 1 fully saturated rings. The lowest BCUT2D eigenvalue weighted by Gasteiger charge is -2.18. The van der Waals surface area contributed by atoms with Gasteiger partial charge in [-0.15, -0.1) is 0 Å². The van der Waals surface area contributed by atoms with Crippen LogP contribution >= 0.6 is 0 Å². The smallest absolute Gasteiger partial charge is 0.236 e. The number of methoxy groups -OCH3 is 1. The summed E-state index contributed by atoms with van der Waals surface area (Å²) in [4.78, 5) is 17.7. The molecule has 7 nitrogen and oxygen atoms in total. The third kappa shape index (κ3) is 4.81. The highest BCUT2D eigenvalue weighted by molar-refractivity contribution is 7.88. The van der Waals surface area contributed by atoms with Gasteiger partial charge in [0.2, 0.25) is 15.9 Å². The van der Waals surface area contributed by atoms with Crippen LogP contribution in [0.2, 0.25) is 0 Å². The summed E-state index contributed by atoms with van der Waals surface area (Å²) in [6.07, 6.45) is 2.66. The first kappa shape index (κ1) is 22.0. The minimum Gasteiger partial charge on any atom is -0.496 e. The molecule has 1 aromatic heterocycles. The van der Waals surface area contributed by atoms with Crippen LogP contribution in [0.5, 0.6) is 5.75 Å². The Bertz CT molecular complexity index is 1240. The van der Waals surface area contributed by atoms with Crippen molar-refractivity contribution in [1.82, 2.24) is 9.71 Å². The lowest BCUT2D eigenvalue weighted by molar-refractivity contribution is -0.118. The zero-order valence-electron chi connectivity index (χ0n) is 18.0. The zero-order valence-corrected chi connectivity index (χ0v) is 18.8. The van der Waals surface area contributed by atoms with Gasteiger partial charge in [-0.3, -0.25) is 4.79 Å². The maximum atomic E-state index is 13.1. The molecule has 0 atom stereocenters. The van der Waals surface area contributed by atoms with Crippen molar-refractivity contribution >= 4 is 21.7 Å². The lowest BCUT2D eigenvalue weighted by Crippen LogP contribution is -2.28. The van der Waals surface area contributed by atoms with Gasteiger partial charge in [0, 0.05) is 17.7 Å². The third-order valence-electron chi connectivity index (χ3n) is 5.59. The Morgan fingerprint density at radius 1 is 1.03 bits per heavy atom. The molecule has 1 saturated carbocycles. The molecular weight excluding hydrogens is 426 g/mol. The number of amides is 1. The number of pyridine rings is 1. The fraction of sp³-hybridized carbons (Fsp3) is 0.250. The van der Waals surface area contributed by atoms with Crippen LogP contribution in [0, 0.1) is 0 Å². The Balaban J connectivity index is 1.49. The molecule has 166 valence electrons. The molecule has 0 radical (unpaired) electrons. The van der Waals surface area contributed by atoms with Crippen LogP contribution in [-0.4, -0.2) is 32.7 Å². The number of carbonyl (C=O) groups excluding carboxylic acids is 1. The number of carbonyl (C=O) groups is 1. The van der Waals surface area contributed by atoms with E-state index in [4.69, 9.17) is 4.74 Å². The SMILES string of the molecule is COc1ccccc1C1(C(=O)Nc2cccc(-c3ccc(CNS(C)(=O)=O)cc3)n2)CC1. The maximum Gasteiger partial charge on any atom is 0.236 e. The number of nitrogens with one attached hydrogen (secondary N) is 2. The number of rotatable bonds is 8. The van der Waals surface area contributed by atoms with Crippen LogP contribution in [0.1, 0.15) is 24.0 Å². The number of ether oxygens (including phenoxy) is 1. The minimum atomic E-state index is -3.24. The van der Waals surface area contributed by atoms with Gasteiger partial charge in [-0.2, -0.15) is 0 Å². The topological polar surface area (TPSA) is 97.4 Å². The van der Waals surface area contributed by atoms with Gasteiger partial charge in [-0.1, -0.05) is 48.5 Å². The number of hydrogen-bond acceptors (Lipinski definition) is 5. The Kier molecular flexibility index (Phi) is 5.99. The van der Waals surface area contributed by atoms with Crippen LogP contribution in [0.15, 0.2) is 66.7 Å². The molecule has 2 N–H and O–H groups in total. The van der Waals surface area contributed by atoms with Gasteiger partial charge >= 0.3 is 0 Å². The second kappa shape index (κ2) is 8.72. The molecule has 1 aliphatic carbocycles. The van der Waals surface area contributed by atoms with E-state index in [1.165, 1.54) is 0 Å². The van der Waals surface area contributed by atoms with Crippen LogP contribution in [0.4, 0.5) is 5.82 Å². The predicted octanol–water partition coefficient (Wildman–Crippen LogP) is 3.48. The fourth-order valence-electron chi connectivity index (χ4n) is 3.69. The van der Waals surface area contributed by atoms with E-state index < -0.39 is 15.4 Å². The quantitative estimate of drug-likeness (QED) is 0.547. The number of benzene rings is 2. The normalized spacial score (nSPS) is 14.6. The van der Waals surface area contributed by atoms with Crippen LogP contribution in [0.3, 0.4) is 0 Å². The third-order valence-corrected chi connectivity index (χ3v) is 6.25. The number of hydrogen-bond donors (Lipinski definition) is 2. The van der Waals surface area contributed by atoms with Crippen molar-refractivity contribution in [3.05, 3.63) is 77.9 Å². The Morgan fingerprint density at radius 2 is 1.75 bits per heavy atom. The average Bonchev–Trinajstić information content (AvgIpc) is 3.60. The molecule has 0 bridgehead atoms. The molecule has 1 amide bonds. The Labute approximate surface area is 187 Å². The van der Waals surface area contributed by atoms with Crippen molar-refractivity contribution in [2.75, 3.05) is 18.7 Å². The number of nitrogens with zero attached hydrogens (tertiary/aromatic N) is 1. The van der Waals surface area contributed by atoms with Gasteiger partial charge < -0.3 is 10.1 Å². The highest BCUT2D eigenvalue weighted by Gasteiger charge is 2.52. The van der Waals surface area contributed by atoms with E-state index in [2.05, 4.69) is 15.0 Å². The molecule has 32 heavy (non-hydrogen) atoms. The second-order valence-corrected chi connectivity index (χ2v) is 9.77. The van der Waals surface area contributed by atoms with E-state index in [-0.39, 0.29) is 12.5 Å². The Morgan fingerprint density at radius 3 is 2.41 bits per heavy atom. The first-order valence-corrected chi connectivity index (χ1v) is 12.2. The molecule has 8 heteroatoms. The molecule has 0 saturated heterocycles. The molecule has 1 aliphatic rings. The van der Waals surface area contributed by atoms with E-state index in [0.29, 0.717) is 17.3 Å². The molecular formula is C24H25N3O4S. The summed E-state index contributed by atoms with van der Waals surface area (Å²) in [5, 5.41) is 2.97. The second-order valence-electron chi connectivity index (χ2n) is 7.93. The zero-order chi connectivity index (χ0) is 22.8. The summed E-state index contributed by atoms with van der Waals surface area (Å²) >= 11 is 0. The van der Waals surface area contributed by atoms with E-state index in [1.54, 1.807) is 13.2 Å². The summed E-state index contributed by atoms with van der Waals surface area (Å²) in [5.41, 5.74) is 2.74. The number of anilines is 1. The lowest BCUT2D eigenvalue weighted by atomic mass is 9.94. The molecule has 0 aliphatic heterocycles. The van der Waals surface area contributed by atoms with Gasteiger partial charge in [0.25, 0.3) is 0 Å². The molecule has 0 spiro atoms. The summed E-state index contributed by atoms with van der Waals surface area (Å²) in [7, 11) is -1.63. The van der Waals surface area contributed by atoms with E-state index in [1.807, 2.05) is 60.7 Å². The van der Waals surface area contributed by atoms with E-state index >= 15 is 0 Å². The summed E-state index contributed by atoms with van der Waals surface area (Å²) in [5.74, 6) is 1.11. The van der Waals surface area contributed by atoms with Gasteiger partial charge in [0.15, 0.2) is 0 Å². The number of sulfonamides is 1. The first-order chi connectivity index (χ1) is 15.3. The van der Waals surface area contributed by atoms with Crippen molar-refractivity contribution in [2.45, 2.75) is 24.8 Å². The summed E-state index contributed by atoms with van der Waals surface area (Å²) < 4.78 is 30.4. The van der Waals surface area contributed by atoms with Crippen LogP contribution < -0.4 is 14.8 Å². The van der Waals surface area contributed by atoms with Gasteiger partial charge in [0.05, 0.1) is 24.5 Å². The minimum absolute atomic E-state index is 0.0890. The monoisotopic (exact) mass is 451 g/mol. The van der Waals surface area contributed by atoms with Crippen LogP contribution in [-0.2, 0) is 26.8 Å². The van der Waals surface area contributed by atoms with E-state index in [0.717, 1.165) is 35.8 Å². The highest BCUT2D eigenvalue weighted by atomic mass is 32.2. The molecule has 1 heterocycles. The number of aromatic nitrogens is 1. The van der Waals surface area contributed by atoms with Crippen molar-refractivity contribution < 1.29 is 17.9 Å². The number of para-hydroxylation sites is 1. The standard InChI is InChI=1S/C24H25N3O4S/c1-31-21-8-4-3-6-19(21)24(14-15-24)23(28)27-22-9-5-7-20(26-22)18-12-10-17(11-13-18)16-25-32(2,29)30/h3-13,25H,14-16H2,1-2H3,(H,26,27,28).